The number of benzene rings is 1. The van der Waals surface area contributed by atoms with E-state index in [0.29, 0.717) is 0 Å². The van der Waals surface area contributed by atoms with Crippen molar-refractivity contribution in [3.8, 4) is 0 Å². The van der Waals surface area contributed by atoms with Crippen molar-refractivity contribution in [2.45, 2.75) is 38.5 Å². The van der Waals surface area contributed by atoms with Crippen LogP contribution in [-0.2, 0) is 11.3 Å². The third-order valence-corrected chi connectivity index (χ3v) is 4.90. The maximum Gasteiger partial charge on any atom is 0.108 e. The Hall–Kier alpha value is -0.970. The molecule has 96 valence electrons. The van der Waals surface area contributed by atoms with Crippen LogP contribution in [0, 0.1) is 0 Å². The summed E-state index contributed by atoms with van der Waals surface area (Å²) in [7, 11) is 0. The summed E-state index contributed by atoms with van der Waals surface area (Å²) in [6, 6.07) is 8.29. The molecule has 2 heterocycles. The van der Waals surface area contributed by atoms with Gasteiger partial charge in [-0.25, -0.2) is 4.98 Å². The molecule has 1 aliphatic rings. The Kier molecular flexibility index (Phi) is 3.09. The first-order chi connectivity index (χ1) is 8.67. The highest BCUT2D eigenvalue weighted by molar-refractivity contribution is 7.18. The second kappa shape index (κ2) is 4.61. The molecule has 1 aliphatic heterocycles. The van der Waals surface area contributed by atoms with Gasteiger partial charge in [0, 0.05) is 18.7 Å². The van der Waals surface area contributed by atoms with Gasteiger partial charge >= 0.3 is 0 Å². The number of para-hydroxylation sites is 1. The number of rotatable bonds is 3. The molecule has 18 heavy (non-hydrogen) atoms. The van der Waals surface area contributed by atoms with Gasteiger partial charge in [-0.1, -0.05) is 12.1 Å². The number of nitrogens with zero attached hydrogens (tertiary/aromatic N) is 1. The molecule has 1 aromatic carbocycles. The lowest BCUT2D eigenvalue weighted by molar-refractivity contribution is 0.0881. The first-order valence-corrected chi connectivity index (χ1v) is 7.20. The first kappa shape index (κ1) is 12.1. The van der Waals surface area contributed by atoms with Crippen LogP contribution in [0.1, 0.15) is 25.3 Å². The maximum absolute atomic E-state index is 5.64. The number of aromatic nitrogens is 1. The van der Waals surface area contributed by atoms with Crippen LogP contribution >= 0.6 is 11.3 Å². The molecule has 0 spiro atoms. The van der Waals surface area contributed by atoms with E-state index in [-0.39, 0.29) is 11.6 Å². The lowest BCUT2D eigenvalue weighted by Crippen LogP contribution is -2.47. The van der Waals surface area contributed by atoms with E-state index in [2.05, 4.69) is 42.3 Å². The first-order valence-electron chi connectivity index (χ1n) is 6.38. The molecular formula is C14H18N2OS. The van der Waals surface area contributed by atoms with Crippen molar-refractivity contribution in [1.29, 1.82) is 0 Å². The minimum atomic E-state index is 0.0812. The average molecular weight is 262 g/mol. The molecule has 1 saturated heterocycles. The molecule has 0 aliphatic carbocycles. The summed E-state index contributed by atoms with van der Waals surface area (Å²) in [5, 5.41) is 4.76. The van der Waals surface area contributed by atoms with E-state index in [0.717, 1.165) is 30.1 Å². The average Bonchev–Trinajstić information content (AvgIpc) is 2.92. The van der Waals surface area contributed by atoms with E-state index in [4.69, 9.17) is 4.74 Å². The monoisotopic (exact) mass is 262 g/mol. The molecule has 0 saturated carbocycles. The topological polar surface area (TPSA) is 34.1 Å². The van der Waals surface area contributed by atoms with Gasteiger partial charge in [0.2, 0.25) is 0 Å². The molecule has 1 aromatic heterocycles. The van der Waals surface area contributed by atoms with Crippen LogP contribution < -0.4 is 5.32 Å². The Balaban J connectivity index is 1.73. The normalized spacial score (nSPS) is 28.0. The molecule has 1 N–H and O–H groups in total. The summed E-state index contributed by atoms with van der Waals surface area (Å²) >= 11 is 1.77. The lowest BCUT2D eigenvalue weighted by atomic mass is 9.95. The number of hydrogen-bond acceptors (Lipinski definition) is 4. The molecule has 0 radical (unpaired) electrons. The predicted octanol–water partition coefficient (Wildman–Crippen LogP) is 2.95. The fraction of sp³-hybridized carbons (Fsp3) is 0.500. The second-order valence-corrected chi connectivity index (χ2v) is 6.22. The van der Waals surface area contributed by atoms with Crippen molar-refractivity contribution in [2.75, 3.05) is 6.61 Å². The Bertz CT molecular complexity index is 520. The van der Waals surface area contributed by atoms with E-state index in [1.165, 1.54) is 4.70 Å². The van der Waals surface area contributed by atoms with Gasteiger partial charge in [-0.15, -0.1) is 11.3 Å². The van der Waals surface area contributed by atoms with Gasteiger partial charge in [0.1, 0.15) is 5.01 Å². The molecule has 0 amide bonds. The zero-order chi connectivity index (χ0) is 12.6. The Labute approximate surface area is 111 Å². The van der Waals surface area contributed by atoms with Crippen LogP contribution in [0.5, 0.6) is 0 Å². The quantitative estimate of drug-likeness (QED) is 0.923. The van der Waals surface area contributed by atoms with Gasteiger partial charge in [-0.05, 0) is 32.4 Å². The van der Waals surface area contributed by atoms with Crippen LogP contribution in [0.4, 0.5) is 0 Å². The third kappa shape index (κ3) is 2.16. The van der Waals surface area contributed by atoms with Crippen molar-refractivity contribution < 1.29 is 4.74 Å². The molecule has 4 heteroatoms. The highest BCUT2D eigenvalue weighted by atomic mass is 32.1. The molecule has 2 atom stereocenters. The minimum Gasteiger partial charge on any atom is -0.377 e. The highest BCUT2D eigenvalue weighted by Crippen LogP contribution is 2.27. The zero-order valence-corrected chi connectivity index (χ0v) is 11.6. The van der Waals surface area contributed by atoms with Crippen LogP contribution in [0.3, 0.4) is 0 Å². The van der Waals surface area contributed by atoms with Crippen molar-refractivity contribution in [1.82, 2.24) is 10.3 Å². The van der Waals surface area contributed by atoms with Crippen molar-refractivity contribution in [3.63, 3.8) is 0 Å². The summed E-state index contributed by atoms with van der Waals surface area (Å²) in [4.78, 5) is 4.65. The van der Waals surface area contributed by atoms with E-state index < -0.39 is 0 Å². The van der Waals surface area contributed by atoms with Gasteiger partial charge in [0.15, 0.2) is 0 Å². The zero-order valence-electron chi connectivity index (χ0n) is 10.8. The van der Waals surface area contributed by atoms with Crippen molar-refractivity contribution in [3.05, 3.63) is 29.3 Å². The Morgan fingerprint density at radius 2 is 2.33 bits per heavy atom. The smallest absolute Gasteiger partial charge is 0.108 e. The van der Waals surface area contributed by atoms with Crippen LogP contribution in [-0.4, -0.2) is 23.2 Å². The lowest BCUT2D eigenvalue weighted by Gasteiger charge is -2.28. The summed E-state index contributed by atoms with van der Waals surface area (Å²) in [5.74, 6) is 0. The van der Waals surface area contributed by atoms with E-state index in [1.54, 1.807) is 11.3 Å². The Morgan fingerprint density at radius 1 is 1.50 bits per heavy atom. The maximum atomic E-state index is 5.64. The predicted molar refractivity (Wildman–Crippen MR) is 74.9 cm³/mol. The number of thiazole rings is 1. The highest BCUT2D eigenvalue weighted by Gasteiger charge is 2.36. The second-order valence-electron chi connectivity index (χ2n) is 5.11. The van der Waals surface area contributed by atoms with E-state index >= 15 is 0 Å². The molecule has 3 nitrogen and oxygen atoms in total. The standard InChI is InChI=1S/C14H18N2OS/c1-10-14(2,7-8-17-10)15-9-13-16-11-5-3-4-6-12(11)18-13/h3-6,10,15H,7-9H2,1-2H3. The van der Waals surface area contributed by atoms with Gasteiger partial charge in [0.05, 0.1) is 16.3 Å². The van der Waals surface area contributed by atoms with Crippen LogP contribution in [0.15, 0.2) is 24.3 Å². The molecule has 2 aromatic rings. The number of fused-ring (bicyclic) bond motifs is 1. The molecule has 3 rings (SSSR count). The SMILES string of the molecule is CC1OCCC1(C)NCc1nc2ccccc2s1. The van der Waals surface area contributed by atoms with Gasteiger partial charge < -0.3 is 10.1 Å². The molecule has 0 bridgehead atoms. The fourth-order valence-corrected chi connectivity index (χ4v) is 3.25. The minimum absolute atomic E-state index is 0.0812. The number of nitrogens with one attached hydrogen (secondary N) is 1. The number of hydrogen-bond donors (Lipinski definition) is 1. The van der Waals surface area contributed by atoms with Gasteiger partial charge in [-0.3, -0.25) is 0 Å². The van der Waals surface area contributed by atoms with Crippen LogP contribution in [0.2, 0.25) is 0 Å². The largest absolute Gasteiger partial charge is 0.377 e. The molecule has 1 fully saturated rings. The van der Waals surface area contributed by atoms with E-state index in [9.17, 15) is 0 Å². The fourth-order valence-electron chi connectivity index (χ4n) is 2.34. The van der Waals surface area contributed by atoms with Gasteiger partial charge in [-0.2, -0.15) is 0 Å². The van der Waals surface area contributed by atoms with Gasteiger partial charge in [0.25, 0.3) is 0 Å². The van der Waals surface area contributed by atoms with E-state index in [1.807, 2.05) is 6.07 Å². The van der Waals surface area contributed by atoms with Crippen LogP contribution in [0.25, 0.3) is 10.2 Å². The summed E-state index contributed by atoms with van der Waals surface area (Å²) in [5.41, 5.74) is 1.18. The summed E-state index contributed by atoms with van der Waals surface area (Å²) in [6.45, 7) is 6.05. The molecular weight excluding hydrogens is 244 g/mol. The van der Waals surface area contributed by atoms with Crippen molar-refractivity contribution >= 4 is 21.6 Å². The summed E-state index contributed by atoms with van der Waals surface area (Å²) < 4.78 is 6.90. The Morgan fingerprint density at radius 3 is 3.06 bits per heavy atom. The third-order valence-electron chi connectivity index (χ3n) is 3.87. The van der Waals surface area contributed by atoms with Crippen molar-refractivity contribution in [2.24, 2.45) is 0 Å². The summed E-state index contributed by atoms with van der Waals surface area (Å²) in [6.07, 6.45) is 1.34. The number of ether oxygens (including phenoxy) is 1. The molecule has 2 unspecified atom stereocenters.